The lowest BCUT2D eigenvalue weighted by atomic mass is 9.96. The van der Waals surface area contributed by atoms with Gasteiger partial charge in [-0.15, -0.1) is 0 Å². The summed E-state index contributed by atoms with van der Waals surface area (Å²) in [7, 11) is 0. The summed E-state index contributed by atoms with van der Waals surface area (Å²) in [4.78, 5) is 16.2. The molecule has 3 aromatic rings. The van der Waals surface area contributed by atoms with Crippen LogP contribution in [0.5, 0.6) is 5.75 Å². The van der Waals surface area contributed by atoms with Crippen molar-refractivity contribution in [1.82, 2.24) is 4.98 Å². The van der Waals surface area contributed by atoms with E-state index >= 15 is 0 Å². The Hall–Kier alpha value is -3.29. The van der Waals surface area contributed by atoms with Crippen molar-refractivity contribution in [2.75, 3.05) is 11.9 Å². The number of ether oxygens (including phenoxy) is 1. The normalized spacial score (nSPS) is 16.2. The van der Waals surface area contributed by atoms with Crippen molar-refractivity contribution in [2.24, 2.45) is 5.92 Å². The fraction of sp³-hybridized carbons (Fsp3) is 0.200. The van der Waals surface area contributed by atoms with Gasteiger partial charge in [0, 0.05) is 11.3 Å². The van der Waals surface area contributed by atoms with Crippen LogP contribution in [0.1, 0.15) is 11.1 Å². The summed E-state index contributed by atoms with van der Waals surface area (Å²) in [6.45, 7) is 0.172. The number of para-hydroxylation sites is 1. The average Bonchev–Trinajstić information content (AvgIpc) is 3.21. The summed E-state index contributed by atoms with van der Waals surface area (Å²) < 4.78 is 51.0. The largest absolute Gasteiger partial charge is 0.492 e. The third-order valence-corrected chi connectivity index (χ3v) is 4.54. The zero-order valence-corrected chi connectivity index (χ0v) is 14.5. The molecule has 0 aliphatic carbocycles. The predicted molar refractivity (Wildman–Crippen MR) is 94.7 cm³/mol. The summed E-state index contributed by atoms with van der Waals surface area (Å²) >= 11 is 0. The molecule has 1 aliphatic heterocycles. The molecule has 1 atom stereocenters. The number of amides is 1. The van der Waals surface area contributed by atoms with Gasteiger partial charge in [-0.25, -0.2) is 4.98 Å². The molecule has 1 amide bonds. The van der Waals surface area contributed by atoms with E-state index in [0.717, 1.165) is 23.8 Å². The molecular weight excluding hydrogens is 373 g/mol. The second-order valence-corrected chi connectivity index (χ2v) is 6.43. The number of anilines is 1. The maximum absolute atomic E-state index is 13.5. The van der Waals surface area contributed by atoms with Gasteiger partial charge in [0.2, 0.25) is 5.91 Å². The van der Waals surface area contributed by atoms with Gasteiger partial charge in [-0.05, 0) is 36.2 Å². The number of hydrogen-bond donors (Lipinski definition) is 1. The fourth-order valence-electron chi connectivity index (χ4n) is 3.16. The standard InChI is InChI=1S/C20H15F3N2O3/c21-20(22,23)16-8-14(5-6-15(16)18-9-24-11-28-18)25-19(26)13-7-12-3-1-2-4-17(12)27-10-13/h1-6,8-9,11,13H,7,10H2,(H,25,26)/t13-/m1/s1. The Morgan fingerprint density at radius 3 is 2.75 bits per heavy atom. The highest BCUT2D eigenvalue weighted by Gasteiger charge is 2.35. The van der Waals surface area contributed by atoms with Crippen LogP contribution in [0.15, 0.2) is 59.5 Å². The van der Waals surface area contributed by atoms with Crippen molar-refractivity contribution in [3.63, 3.8) is 0 Å². The van der Waals surface area contributed by atoms with Gasteiger partial charge in [-0.3, -0.25) is 4.79 Å². The van der Waals surface area contributed by atoms with Crippen LogP contribution in [0.4, 0.5) is 18.9 Å². The number of carbonyl (C=O) groups excluding carboxylic acids is 1. The first-order valence-corrected chi connectivity index (χ1v) is 8.53. The molecule has 0 unspecified atom stereocenters. The van der Waals surface area contributed by atoms with Crippen molar-refractivity contribution in [1.29, 1.82) is 0 Å². The van der Waals surface area contributed by atoms with Crippen LogP contribution in [0, 0.1) is 5.92 Å². The molecule has 1 N–H and O–H groups in total. The minimum atomic E-state index is -4.62. The van der Waals surface area contributed by atoms with E-state index in [1.54, 1.807) is 0 Å². The van der Waals surface area contributed by atoms with Crippen molar-refractivity contribution < 1.29 is 27.1 Å². The average molecular weight is 388 g/mol. The molecule has 0 spiro atoms. The molecule has 0 saturated carbocycles. The summed E-state index contributed by atoms with van der Waals surface area (Å²) in [5.41, 5.74) is -0.102. The Morgan fingerprint density at radius 1 is 1.18 bits per heavy atom. The quantitative estimate of drug-likeness (QED) is 0.715. The van der Waals surface area contributed by atoms with Gasteiger partial charge >= 0.3 is 6.18 Å². The molecular formula is C20H15F3N2O3. The topological polar surface area (TPSA) is 64.4 Å². The number of carbonyl (C=O) groups is 1. The minimum absolute atomic E-state index is 0.00230. The first-order valence-electron chi connectivity index (χ1n) is 8.53. The SMILES string of the molecule is O=C(Nc1ccc(-c2cnco2)c(C(F)(F)F)c1)[C@H]1COc2ccccc2C1. The second-order valence-electron chi connectivity index (χ2n) is 6.43. The molecule has 0 fully saturated rings. The van der Waals surface area contributed by atoms with E-state index < -0.39 is 23.6 Å². The molecule has 144 valence electrons. The number of alkyl halides is 3. The van der Waals surface area contributed by atoms with E-state index in [0.29, 0.717) is 6.42 Å². The monoisotopic (exact) mass is 388 g/mol. The molecule has 0 radical (unpaired) electrons. The van der Waals surface area contributed by atoms with E-state index in [9.17, 15) is 18.0 Å². The maximum atomic E-state index is 13.5. The predicted octanol–water partition coefficient (Wildman–Crippen LogP) is 4.55. The van der Waals surface area contributed by atoms with Crippen LogP contribution in [-0.4, -0.2) is 17.5 Å². The number of hydrogen-bond acceptors (Lipinski definition) is 4. The number of rotatable bonds is 3. The fourth-order valence-corrected chi connectivity index (χ4v) is 3.16. The van der Waals surface area contributed by atoms with Crippen LogP contribution >= 0.6 is 0 Å². The Morgan fingerprint density at radius 2 is 2.00 bits per heavy atom. The molecule has 0 bridgehead atoms. The summed E-state index contributed by atoms with van der Waals surface area (Å²) in [6.07, 6.45) is -1.88. The third-order valence-electron chi connectivity index (χ3n) is 4.54. The molecule has 0 saturated heterocycles. The van der Waals surface area contributed by atoms with Gasteiger partial charge in [0.15, 0.2) is 12.2 Å². The van der Waals surface area contributed by atoms with Gasteiger partial charge in [0.1, 0.15) is 12.4 Å². The van der Waals surface area contributed by atoms with E-state index in [1.165, 1.54) is 18.3 Å². The third kappa shape index (κ3) is 3.58. The first-order chi connectivity index (χ1) is 13.4. The maximum Gasteiger partial charge on any atom is 0.417 e. The number of oxazole rings is 1. The number of halogens is 3. The molecule has 2 aromatic carbocycles. The Bertz CT molecular complexity index is 1000. The van der Waals surface area contributed by atoms with Crippen LogP contribution in [0.3, 0.4) is 0 Å². The summed E-state index contributed by atoms with van der Waals surface area (Å²) in [6, 6.07) is 10.9. The Kier molecular flexibility index (Phi) is 4.54. The first kappa shape index (κ1) is 18.1. The van der Waals surface area contributed by atoms with Gasteiger partial charge in [-0.1, -0.05) is 18.2 Å². The van der Waals surface area contributed by atoms with Gasteiger partial charge in [0.05, 0.1) is 17.7 Å². The molecule has 8 heteroatoms. The number of nitrogens with zero attached hydrogens (tertiary/aromatic N) is 1. The molecule has 5 nitrogen and oxygen atoms in total. The second kappa shape index (κ2) is 7.03. The highest BCUT2D eigenvalue weighted by molar-refractivity contribution is 5.93. The van der Waals surface area contributed by atoms with Crippen LogP contribution in [0.2, 0.25) is 0 Å². The number of aromatic nitrogens is 1. The number of benzene rings is 2. The lowest BCUT2D eigenvalue weighted by Gasteiger charge is -2.24. The van der Waals surface area contributed by atoms with Crippen molar-refractivity contribution in [2.45, 2.75) is 12.6 Å². The van der Waals surface area contributed by atoms with Crippen molar-refractivity contribution >= 4 is 11.6 Å². The van der Waals surface area contributed by atoms with Gasteiger partial charge in [-0.2, -0.15) is 13.2 Å². The van der Waals surface area contributed by atoms with Crippen LogP contribution in [-0.2, 0) is 17.4 Å². The Balaban J connectivity index is 1.56. The number of fused-ring (bicyclic) bond motifs is 1. The van der Waals surface area contributed by atoms with E-state index in [1.807, 2.05) is 24.3 Å². The van der Waals surface area contributed by atoms with Crippen molar-refractivity contribution in [3.8, 4) is 17.1 Å². The molecule has 1 aromatic heterocycles. The molecule has 28 heavy (non-hydrogen) atoms. The molecule has 2 heterocycles. The highest BCUT2D eigenvalue weighted by atomic mass is 19.4. The lowest BCUT2D eigenvalue weighted by molar-refractivity contribution is -0.137. The smallest absolute Gasteiger partial charge is 0.417 e. The molecule has 4 rings (SSSR count). The highest BCUT2D eigenvalue weighted by Crippen LogP contribution is 2.38. The van der Waals surface area contributed by atoms with Crippen molar-refractivity contribution in [3.05, 3.63) is 66.2 Å². The van der Waals surface area contributed by atoms with Crippen LogP contribution < -0.4 is 10.1 Å². The Labute approximate surface area is 158 Å². The molecule has 1 aliphatic rings. The zero-order valence-electron chi connectivity index (χ0n) is 14.5. The minimum Gasteiger partial charge on any atom is -0.492 e. The van der Waals surface area contributed by atoms with E-state index in [-0.39, 0.29) is 23.6 Å². The van der Waals surface area contributed by atoms with Crippen LogP contribution in [0.25, 0.3) is 11.3 Å². The lowest BCUT2D eigenvalue weighted by Crippen LogP contribution is -2.32. The van der Waals surface area contributed by atoms with Gasteiger partial charge in [0.25, 0.3) is 0 Å². The van der Waals surface area contributed by atoms with E-state index in [2.05, 4.69) is 10.3 Å². The summed E-state index contributed by atoms with van der Waals surface area (Å²) in [5.74, 6) is -0.155. The van der Waals surface area contributed by atoms with Gasteiger partial charge < -0.3 is 14.5 Å². The zero-order chi connectivity index (χ0) is 19.7. The van der Waals surface area contributed by atoms with E-state index in [4.69, 9.17) is 9.15 Å². The summed E-state index contributed by atoms with van der Waals surface area (Å²) in [5, 5.41) is 2.56. The number of nitrogens with one attached hydrogen (secondary N) is 1.